The first-order valence-electron chi connectivity index (χ1n) is 16.9. The SMILES string of the molecule is O=C1c2ccccc2C(=O)N1Cc1ccccc1-c1ccc([C@H]2O[C@@H](CN3CCCCCCC3)C[C@@H](c3ccc(CO)cc3)O2)cc1. The number of nitrogens with zero attached hydrogens (tertiary/aromatic N) is 2. The number of carbonyl (C=O) groups is 2. The number of benzene rings is 4. The third-order valence-electron chi connectivity index (χ3n) is 9.74. The molecule has 1 N–H and O–H groups in total. The highest BCUT2D eigenvalue weighted by Crippen LogP contribution is 2.39. The Morgan fingerprint density at radius 3 is 1.91 bits per heavy atom. The van der Waals surface area contributed by atoms with Gasteiger partial charge in [0, 0.05) is 18.5 Å². The molecule has 0 spiro atoms. The maximum absolute atomic E-state index is 13.1. The molecule has 7 rings (SSSR count). The molecule has 2 saturated heterocycles. The fourth-order valence-electron chi connectivity index (χ4n) is 7.13. The number of hydrogen-bond acceptors (Lipinski definition) is 6. The van der Waals surface area contributed by atoms with Gasteiger partial charge in [-0.05, 0) is 65.9 Å². The standard InChI is InChI=1S/C40H42N2O5/c43-27-28-14-16-30(17-15-28)37-24-33(26-41-22-8-2-1-3-9-23-41)46-40(47-37)31-20-18-29(19-21-31)34-11-5-4-10-32(34)25-42-38(44)35-12-6-7-13-36(35)39(42)45/h4-7,10-21,33,37,40,43H,1-3,8-9,22-27H2/t33-,37+,40+/m1/s1. The summed E-state index contributed by atoms with van der Waals surface area (Å²) in [6.45, 7) is 3.32. The van der Waals surface area contributed by atoms with E-state index in [4.69, 9.17) is 9.47 Å². The molecule has 4 aromatic rings. The van der Waals surface area contributed by atoms with Crippen molar-refractivity contribution in [3.8, 4) is 11.1 Å². The fourth-order valence-corrected chi connectivity index (χ4v) is 7.13. The average Bonchev–Trinajstić information content (AvgIpc) is 3.34. The van der Waals surface area contributed by atoms with Gasteiger partial charge >= 0.3 is 0 Å². The Kier molecular flexibility index (Phi) is 9.58. The van der Waals surface area contributed by atoms with E-state index in [0.29, 0.717) is 11.1 Å². The van der Waals surface area contributed by atoms with E-state index < -0.39 is 6.29 Å². The predicted octanol–water partition coefficient (Wildman–Crippen LogP) is 7.45. The Bertz CT molecular complexity index is 1660. The van der Waals surface area contributed by atoms with E-state index in [9.17, 15) is 14.7 Å². The molecule has 7 heteroatoms. The van der Waals surface area contributed by atoms with Crippen LogP contribution in [-0.4, -0.2) is 52.5 Å². The molecule has 0 aliphatic carbocycles. The molecular formula is C40H42N2O5. The number of aliphatic hydroxyl groups is 1. The Morgan fingerprint density at radius 2 is 1.26 bits per heavy atom. The van der Waals surface area contributed by atoms with Crippen LogP contribution in [0.25, 0.3) is 11.1 Å². The molecule has 0 unspecified atom stereocenters. The molecule has 242 valence electrons. The lowest BCUT2D eigenvalue weighted by Crippen LogP contribution is -2.40. The lowest BCUT2D eigenvalue weighted by Gasteiger charge is -2.39. The molecule has 3 aliphatic rings. The van der Waals surface area contributed by atoms with Crippen LogP contribution in [-0.2, 0) is 22.6 Å². The number of fused-ring (bicyclic) bond motifs is 1. The molecule has 0 bridgehead atoms. The maximum Gasteiger partial charge on any atom is 0.261 e. The summed E-state index contributed by atoms with van der Waals surface area (Å²) in [6.07, 6.45) is 6.53. The molecule has 3 aliphatic heterocycles. The topological polar surface area (TPSA) is 79.3 Å². The zero-order valence-electron chi connectivity index (χ0n) is 26.7. The van der Waals surface area contributed by atoms with Crippen molar-refractivity contribution < 1.29 is 24.2 Å². The molecule has 4 aromatic carbocycles. The highest BCUT2D eigenvalue weighted by atomic mass is 16.7. The van der Waals surface area contributed by atoms with Gasteiger partial charge in [0.1, 0.15) is 0 Å². The van der Waals surface area contributed by atoms with Crippen molar-refractivity contribution in [2.75, 3.05) is 19.6 Å². The van der Waals surface area contributed by atoms with E-state index in [1.165, 1.54) is 37.0 Å². The summed E-state index contributed by atoms with van der Waals surface area (Å²) in [5.74, 6) is -0.513. The van der Waals surface area contributed by atoms with E-state index in [2.05, 4.69) is 41.3 Å². The summed E-state index contributed by atoms with van der Waals surface area (Å²) in [5.41, 5.74) is 6.70. The normalized spacial score (nSPS) is 22.1. The van der Waals surface area contributed by atoms with Gasteiger partial charge in [0.2, 0.25) is 0 Å². The van der Waals surface area contributed by atoms with Gasteiger partial charge in [-0.3, -0.25) is 14.5 Å². The Balaban J connectivity index is 1.11. The third kappa shape index (κ3) is 6.94. The van der Waals surface area contributed by atoms with Crippen LogP contribution < -0.4 is 0 Å². The monoisotopic (exact) mass is 630 g/mol. The minimum atomic E-state index is -0.520. The van der Waals surface area contributed by atoms with Crippen molar-refractivity contribution in [3.05, 3.63) is 130 Å². The predicted molar refractivity (Wildman–Crippen MR) is 180 cm³/mol. The van der Waals surface area contributed by atoms with Gasteiger partial charge in [-0.25, -0.2) is 0 Å². The van der Waals surface area contributed by atoms with Crippen molar-refractivity contribution in [2.45, 2.75) is 70.2 Å². The molecule has 2 fully saturated rings. The summed E-state index contributed by atoms with van der Waals surface area (Å²) in [4.78, 5) is 30.1. The number of aliphatic hydroxyl groups excluding tert-OH is 1. The highest BCUT2D eigenvalue weighted by Gasteiger charge is 2.36. The number of amides is 2. The second-order valence-electron chi connectivity index (χ2n) is 12.9. The van der Waals surface area contributed by atoms with Crippen molar-refractivity contribution in [1.82, 2.24) is 9.80 Å². The summed E-state index contributed by atoms with van der Waals surface area (Å²) in [5, 5.41) is 9.56. The smallest absolute Gasteiger partial charge is 0.261 e. The van der Waals surface area contributed by atoms with E-state index >= 15 is 0 Å². The first-order valence-corrected chi connectivity index (χ1v) is 16.9. The zero-order chi connectivity index (χ0) is 32.2. The molecule has 3 atom stereocenters. The minimum absolute atomic E-state index is 0.0168. The van der Waals surface area contributed by atoms with Crippen LogP contribution in [0.4, 0.5) is 0 Å². The number of carbonyl (C=O) groups excluding carboxylic acids is 2. The first-order chi connectivity index (χ1) is 23.1. The van der Waals surface area contributed by atoms with E-state index in [1.807, 2.05) is 36.4 Å². The largest absolute Gasteiger partial charge is 0.392 e. The molecule has 0 aromatic heterocycles. The van der Waals surface area contributed by atoms with E-state index in [-0.39, 0.29) is 37.2 Å². The third-order valence-corrected chi connectivity index (χ3v) is 9.74. The van der Waals surface area contributed by atoms with Crippen LogP contribution in [0.1, 0.15) is 93.9 Å². The summed E-state index contributed by atoms with van der Waals surface area (Å²) < 4.78 is 13.3. The van der Waals surface area contributed by atoms with Gasteiger partial charge in [0.05, 0.1) is 36.5 Å². The van der Waals surface area contributed by atoms with Gasteiger partial charge < -0.3 is 19.5 Å². The van der Waals surface area contributed by atoms with Gasteiger partial charge in [0.25, 0.3) is 11.8 Å². The Labute approximate surface area is 276 Å². The molecule has 3 heterocycles. The fraction of sp³-hybridized carbons (Fsp3) is 0.350. The van der Waals surface area contributed by atoms with Crippen molar-refractivity contribution in [3.63, 3.8) is 0 Å². The van der Waals surface area contributed by atoms with Crippen LogP contribution in [0.5, 0.6) is 0 Å². The lowest BCUT2D eigenvalue weighted by atomic mass is 9.97. The summed E-state index contributed by atoms with van der Waals surface area (Å²) in [7, 11) is 0. The number of hydrogen-bond donors (Lipinski definition) is 1. The van der Waals surface area contributed by atoms with Gasteiger partial charge in [0.15, 0.2) is 6.29 Å². The second kappa shape index (κ2) is 14.3. The number of imide groups is 1. The van der Waals surface area contributed by atoms with Crippen LogP contribution in [0.15, 0.2) is 97.1 Å². The highest BCUT2D eigenvalue weighted by molar-refractivity contribution is 6.21. The van der Waals surface area contributed by atoms with Crippen LogP contribution in [0.3, 0.4) is 0 Å². The average molecular weight is 631 g/mol. The van der Waals surface area contributed by atoms with Crippen LogP contribution >= 0.6 is 0 Å². The number of likely N-dealkylation sites (tertiary alicyclic amines) is 1. The second-order valence-corrected chi connectivity index (χ2v) is 12.9. The number of ether oxygens (including phenoxy) is 2. The van der Waals surface area contributed by atoms with E-state index in [0.717, 1.165) is 59.4 Å². The molecule has 2 amide bonds. The van der Waals surface area contributed by atoms with Gasteiger partial charge in [-0.2, -0.15) is 0 Å². The zero-order valence-corrected chi connectivity index (χ0v) is 26.7. The summed E-state index contributed by atoms with van der Waals surface area (Å²) in [6, 6.07) is 31.2. The Hall–Kier alpha value is -4.14. The molecular weight excluding hydrogens is 588 g/mol. The minimum Gasteiger partial charge on any atom is -0.392 e. The summed E-state index contributed by atoms with van der Waals surface area (Å²) >= 11 is 0. The maximum atomic E-state index is 13.1. The van der Waals surface area contributed by atoms with Crippen LogP contribution in [0.2, 0.25) is 0 Å². The van der Waals surface area contributed by atoms with Gasteiger partial charge in [-0.15, -0.1) is 0 Å². The molecule has 47 heavy (non-hydrogen) atoms. The quantitative estimate of drug-likeness (QED) is 0.204. The molecule has 0 saturated carbocycles. The van der Waals surface area contributed by atoms with Crippen molar-refractivity contribution in [1.29, 1.82) is 0 Å². The lowest BCUT2D eigenvalue weighted by molar-refractivity contribution is -0.253. The van der Waals surface area contributed by atoms with Gasteiger partial charge in [-0.1, -0.05) is 104 Å². The van der Waals surface area contributed by atoms with E-state index in [1.54, 1.807) is 24.3 Å². The molecule has 0 radical (unpaired) electrons. The van der Waals surface area contributed by atoms with Crippen LogP contribution in [0, 0.1) is 0 Å². The van der Waals surface area contributed by atoms with Crippen molar-refractivity contribution >= 4 is 11.8 Å². The Morgan fingerprint density at radius 1 is 0.660 bits per heavy atom. The molecule has 7 nitrogen and oxygen atoms in total. The first kappa shape index (κ1) is 31.5. The van der Waals surface area contributed by atoms with Crippen molar-refractivity contribution in [2.24, 2.45) is 0 Å². The number of rotatable bonds is 8.